The van der Waals surface area contributed by atoms with Crippen LogP contribution in [0, 0.1) is 22.7 Å². The quantitative estimate of drug-likeness (QED) is 0.827. The molecule has 100 valence electrons. The normalized spacial score (nSPS) is 35.3. The lowest BCUT2D eigenvalue weighted by Crippen LogP contribution is -2.45. The maximum Gasteiger partial charge on any atom is 0.0628 e. The molecular weight excluding hydrogens is 222 g/mol. The van der Waals surface area contributed by atoms with Gasteiger partial charge in [0.2, 0.25) is 0 Å². The number of hydrogen-bond acceptors (Lipinski definition) is 3. The molecular formula is C15H25N3. The van der Waals surface area contributed by atoms with Crippen LogP contribution in [-0.4, -0.2) is 37.1 Å². The molecule has 2 atom stereocenters. The zero-order valence-corrected chi connectivity index (χ0v) is 11.3. The van der Waals surface area contributed by atoms with Gasteiger partial charge >= 0.3 is 0 Å². The number of piperidine rings is 1. The number of nitrogens with zero attached hydrogens (tertiary/aromatic N) is 2. The van der Waals surface area contributed by atoms with Crippen molar-refractivity contribution in [2.45, 2.75) is 51.0 Å². The number of rotatable bonds is 4. The van der Waals surface area contributed by atoms with E-state index in [4.69, 9.17) is 5.26 Å². The van der Waals surface area contributed by atoms with Crippen molar-refractivity contribution in [1.82, 2.24) is 10.2 Å². The molecule has 3 aliphatic rings. The second kappa shape index (κ2) is 5.19. The third kappa shape index (κ3) is 2.70. The van der Waals surface area contributed by atoms with E-state index >= 15 is 0 Å². The number of nitrogens with one attached hydrogen (secondary N) is 1. The second-order valence-corrected chi connectivity index (χ2v) is 6.68. The Hall–Kier alpha value is -0.590. The number of hydrogen-bond donors (Lipinski definition) is 1. The Labute approximate surface area is 111 Å². The summed E-state index contributed by atoms with van der Waals surface area (Å²) in [6.07, 6.45) is 8.83. The molecule has 1 aliphatic carbocycles. The summed E-state index contributed by atoms with van der Waals surface area (Å²) in [5.41, 5.74) is 0.389. The Morgan fingerprint density at radius 2 is 2.17 bits per heavy atom. The molecule has 0 spiro atoms. The van der Waals surface area contributed by atoms with E-state index in [0.717, 1.165) is 18.4 Å². The molecule has 0 radical (unpaired) electrons. The smallest absolute Gasteiger partial charge is 0.0628 e. The number of likely N-dealkylation sites (tertiary alicyclic amines) is 1. The van der Waals surface area contributed by atoms with Crippen molar-refractivity contribution in [3.63, 3.8) is 0 Å². The fourth-order valence-corrected chi connectivity index (χ4v) is 3.89. The van der Waals surface area contributed by atoms with E-state index in [0.29, 0.717) is 5.41 Å². The maximum absolute atomic E-state index is 8.92. The molecule has 2 saturated heterocycles. The first kappa shape index (κ1) is 12.4. The molecule has 0 amide bonds. The van der Waals surface area contributed by atoms with Crippen molar-refractivity contribution in [3.8, 4) is 6.07 Å². The Balaban J connectivity index is 1.52. The molecule has 0 aromatic rings. The Morgan fingerprint density at radius 3 is 2.83 bits per heavy atom. The van der Waals surface area contributed by atoms with Gasteiger partial charge in [0.15, 0.2) is 0 Å². The van der Waals surface area contributed by atoms with Gasteiger partial charge in [-0.3, -0.25) is 0 Å². The molecule has 0 aromatic heterocycles. The van der Waals surface area contributed by atoms with Crippen molar-refractivity contribution in [3.05, 3.63) is 0 Å². The molecule has 0 aromatic carbocycles. The molecule has 1 saturated carbocycles. The summed E-state index contributed by atoms with van der Waals surface area (Å²) < 4.78 is 0. The minimum atomic E-state index is 0.389. The summed E-state index contributed by atoms with van der Waals surface area (Å²) in [5, 5.41) is 12.6. The van der Waals surface area contributed by atoms with Gasteiger partial charge in [-0.1, -0.05) is 0 Å². The van der Waals surface area contributed by atoms with Gasteiger partial charge in [0.25, 0.3) is 0 Å². The highest BCUT2D eigenvalue weighted by Crippen LogP contribution is 2.49. The van der Waals surface area contributed by atoms with Crippen LogP contribution in [0.25, 0.3) is 0 Å². The molecule has 3 heteroatoms. The molecule has 1 N–H and O–H groups in total. The lowest BCUT2D eigenvalue weighted by Gasteiger charge is -2.37. The lowest BCUT2D eigenvalue weighted by atomic mass is 9.89. The van der Waals surface area contributed by atoms with E-state index in [1.54, 1.807) is 0 Å². The highest BCUT2D eigenvalue weighted by molar-refractivity contribution is 5.02. The highest BCUT2D eigenvalue weighted by Gasteiger charge is 2.44. The lowest BCUT2D eigenvalue weighted by molar-refractivity contribution is 0.127. The predicted molar refractivity (Wildman–Crippen MR) is 72.1 cm³/mol. The summed E-state index contributed by atoms with van der Waals surface area (Å²) in [6, 6.07) is 3.16. The fourth-order valence-electron chi connectivity index (χ4n) is 3.89. The first-order chi connectivity index (χ1) is 8.81. The van der Waals surface area contributed by atoms with Crippen LogP contribution < -0.4 is 5.32 Å². The van der Waals surface area contributed by atoms with Crippen molar-refractivity contribution in [1.29, 1.82) is 5.26 Å². The van der Waals surface area contributed by atoms with Gasteiger partial charge in [-0.15, -0.1) is 0 Å². The van der Waals surface area contributed by atoms with Crippen molar-refractivity contribution in [2.24, 2.45) is 11.3 Å². The molecule has 2 aliphatic heterocycles. The SMILES string of the molecule is N#CCC1(CN2CCCC(C3CCCN3)C2)CC1. The molecule has 3 nitrogen and oxygen atoms in total. The Kier molecular flexibility index (Phi) is 3.59. The average molecular weight is 247 g/mol. The van der Waals surface area contributed by atoms with Gasteiger partial charge in [-0.25, -0.2) is 0 Å². The van der Waals surface area contributed by atoms with Crippen LogP contribution in [0.2, 0.25) is 0 Å². The summed E-state index contributed by atoms with van der Waals surface area (Å²) >= 11 is 0. The van der Waals surface area contributed by atoms with E-state index in [1.165, 1.54) is 64.7 Å². The summed E-state index contributed by atoms with van der Waals surface area (Å²) in [5.74, 6) is 0.860. The Bertz CT molecular complexity index is 323. The van der Waals surface area contributed by atoms with Crippen molar-refractivity contribution >= 4 is 0 Å². The minimum absolute atomic E-state index is 0.389. The summed E-state index contributed by atoms with van der Waals surface area (Å²) in [4.78, 5) is 2.65. The molecule has 0 bridgehead atoms. The van der Waals surface area contributed by atoms with Crippen molar-refractivity contribution < 1.29 is 0 Å². The third-order valence-corrected chi connectivity index (χ3v) is 5.18. The molecule has 2 unspecified atom stereocenters. The van der Waals surface area contributed by atoms with Gasteiger partial charge in [0.1, 0.15) is 0 Å². The summed E-state index contributed by atoms with van der Waals surface area (Å²) in [7, 11) is 0. The third-order valence-electron chi connectivity index (χ3n) is 5.18. The van der Waals surface area contributed by atoms with Crippen molar-refractivity contribution in [2.75, 3.05) is 26.2 Å². The van der Waals surface area contributed by atoms with Crippen LogP contribution in [0.5, 0.6) is 0 Å². The minimum Gasteiger partial charge on any atom is -0.314 e. The van der Waals surface area contributed by atoms with Gasteiger partial charge < -0.3 is 10.2 Å². The zero-order valence-electron chi connectivity index (χ0n) is 11.3. The molecule has 3 fully saturated rings. The highest BCUT2D eigenvalue weighted by atomic mass is 15.2. The average Bonchev–Trinajstić information content (AvgIpc) is 2.94. The van der Waals surface area contributed by atoms with Gasteiger partial charge in [0.05, 0.1) is 6.07 Å². The van der Waals surface area contributed by atoms with Gasteiger partial charge in [0, 0.05) is 25.6 Å². The maximum atomic E-state index is 8.92. The second-order valence-electron chi connectivity index (χ2n) is 6.68. The monoisotopic (exact) mass is 247 g/mol. The number of nitriles is 1. The predicted octanol–water partition coefficient (Wildman–Crippen LogP) is 2.14. The molecule has 2 heterocycles. The van der Waals surface area contributed by atoms with E-state index in [1.807, 2.05) is 0 Å². The zero-order chi connectivity index (χ0) is 12.4. The molecule has 18 heavy (non-hydrogen) atoms. The largest absolute Gasteiger partial charge is 0.314 e. The van der Waals surface area contributed by atoms with Crippen LogP contribution in [0.3, 0.4) is 0 Å². The van der Waals surface area contributed by atoms with Crippen LogP contribution in [0.4, 0.5) is 0 Å². The topological polar surface area (TPSA) is 39.1 Å². The Morgan fingerprint density at radius 1 is 1.28 bits per heavy atom. The molecule has 3 rings (SSSR count). The van der Waals surface area contributed by atoms with E-state index in [-0.39, 0.29) is 0 Å². The first-order valence-corrected chi connectivity index (χ1v) is 7.64. The van der Waals surface area contributed by atoms with Crippen LogP contribution in [0.1, 0.15) is 44.9 Å². The van der Waals surface area contributed by atoms with Crippen LogP contribution in [0.15, 0.2) is 0 Å². The van der Waals surface area contributed by atoms with E-state index in [2.05, 4.69) is 16.3 Å². The van der Waals surface area contributed by atoms with Crippen LogP contribution in [-0.2, 0) is 0 Å². The first-order valence-electron chi connectivity index (χ1n) is 7.64. The van der Waals surface area contributed by atoms with E-state index < -0.39 is 0 Å². The van der Waals surface area contributed by atoms with Gasteiger partial charge in [-0.05, 0) is 62.9 Å². The van der Waals surface area contributed by atoms with Gasteiger partial charge in [-0.2, -0.15) is 5.26 Å². The van der Waals surface area contributed by atoms with E-state index in [9.17, 15) is 0 Å². The van der Waals surface area contributed by atoms with Crippen LogP contribution >= 0.6 is 0 Å². The standard InChI is InChI=1S/C15H25N3/c16-8-7-15(5-6-15)12-18-10-2-3-13(11-18)14-4-1-9-17-14/h13-14,17H,1-7,9-12H2. The fraction of sp³-hybridized carbons (Fsp3) is 0.933. The summed E-state index contributed by atoms with van der Waals surface area (Å²) in [6.45, 7) is 4.94.